The highest BCUT2D eigenvalue weighted by atomic mass is 32.1. The number of fused-ring (bicyclic) bond motifs is 1. The molecule has 0 saturated carbocycles. The molecule has 100 valence electrons. The number of benzene rings is 1. The molecule has 2 N–H and O–H groups in total. The van der Waals surface area contributed by atoms with E-state index >= 15 is 0 Å². The second-order valence-electron chi connectivity index (χ2n) is 4.31. The topological polar surface area (TPSA) is 72.1 Å². The van der Waals surface area contributed by atoms with Crippen molar-refractivity contribution in [2.75, 3.05) is 10.6 Å². The maximum Gasteiger partial charge on any atom is 0.229 e. The molecular weight excluding hydrogens is 272 g/mol. The molecule has 0 aliphatic carbocycles. The molecule has 3 aromatic rings. The molecule has 0 spiro atoms. The van der Waals surface area contributed by atoms with Crippen molar-refractivity contribution in [3.05, 3.63) is 42.0 Å². The van der Waals surface area contributed by atoms with E-state index in [-0.39, 0.29) is 5.91 Å². The van der Waals surface area contributed by atoms with Crippen LogP contribution in [0.15, 0.2) is 42.0 Å². The van der Waals surface area contributed by atoms with Gasteiger partial charge >= 0.3 is 0 Å². The van der Waals surface area contributed by atoms with E-state index in [1.165, 1.54) is 11.8 Å². The number of rotatable bonds is 2. The van der Waals surface area contributed by atoms with Crippen LogP contribution in [0.2, 0.25) is 0 Å². The Kier molecular flexibility index (Phi) is 3.08. The lowest BCUT2D eigenvalue weighted by Crippen LogP contribution is -2.23. The van der Waals surface area contributed by atoms with Gasteiger partial charge in [-0.15, -0.1) is 11.3 Å². The highest BCUT2D eigenvalue weighted by Crippen LogP contribution is 2.29. The van der Waals surface area contributed by atoms with E-state index in [1.54, 1.807) is 35.2 Å². The molecule has 0 bridgehead atoms. The van der Waals surface area contributed by atoms with Crippen LogP contribution in [0.3, 0.4) is 0 Å². The van der Waals surface area contributed by atoms with Gasteiger partial charge in [-0.05, 0) is 24.3 Å². The van der Waals surface area contributed by atoms with Crippen LogP contribution in [0, 0.1) is 0 Å². The van der Waals surface area contributed by atoms with Gasteiger partial charge in [-0.25, -0.2) is 9.97 Å². The van der Waals surface area contributed by atoms with Gasteiger partial charge in [0.05, 0.1) is 21.4 Å². The molecule has 0 atom stereocenters. The summed E-state index contributed by atoms with van der Waals surface area (Å²) >= 11 is 1.56. The molecule has 0 radical (unpaired) electrons. The summed E-state index contributed by atoms with van der Waals surface area (Å²) in [6.07, 6.45) is 1.59. The van der Waals surface area contributed by atoms with E-state index in [4.69, 9.17) is 5.73 Å². The molecule has 0 unspecified atom stereocenters. The zero-order valence-electron chi connectivity index (χ0n) is 10.8. The van der Waals surface area contributed by atoms with Gasteiger partial charge in [0.15, 0.2) is 0 Å². The third-order valence-corrected chi connectivity index (χ3v) is 3.70. The normalized spacial score (nSPS) is 10.7. The summed E-state index contributed by atoms with van der Waals surface area (Å²) in [6.45, 7) is 1.50. The predicted octanol–water partition coefficient (Wildman–Crippen LogP) is 2.96. The molecule has 1 aromatic carbocycles. The smallest absolute Gasteiger partial charge is 0.229 e. The van der Waals surface area contributed by atoms with Gasteiger partial charge in [0.25, 0.3) is 0 Å². The molecule has 2 aromatic heterocycles. The predicted molar refractivity (Wildman–Crippen MR) is 81.1 cm³/mol. The molecule has 20 heavy (non-hydrogen) atoms. The Balaban J connectivity index is 2.12. The maximum absolute atomic E-state index is 12.0. The van der Waals surface area contributed by atoms with Crippen LogP contribution >= 0.6 is 11.3 Å². The Labute approximate surface area is 119 Å². The lowest BCUT2D eigenvalue weighted by Gasteiger charge is -2.20. The molecule has 3 rings (SSSR count). The Bertz CT molecular complexity index is 783. The number of hydrogen-bond donors (Lipinski definition) is 1. The maximum atomic E-state index is 12.0. The number of anilines is 3. The van der Waals surface area contributed by atoms with Crippen LogP contribution in [-0.2, 0) is 4.79 Å². The van der Waals surface area contributed by atoms with Crippen molar-refractivity contribution in [1.29, 1.82) is 0 Å². The first-order chi connectivity index (χ1) is 9.65. The standard InChI is InChI=1S/C14H12N4OS/c1-9(19)18(14-6-10(15)4-5-16-14)11-2-3-13-12(7-11)17-8-20-13/h2-8H,1H3,(H2,15,16). The van der Waals surface area contributed by atoms with E-state index in [1.807, 2.05) is 18.2 Å². The first kappa shape index (κ1) is 12.6. The van der Waals surface area contributed by atoms with Gasteiger partial charge in [0.2, 0.25) is 5.91 Å². The lowest BCUT2D eigenvalue weighted by atomic mass is 10.2. The molecule has 6 heteroatoms. The zero-order chi connectivity index (χ0) is 14.1. The summed E-state index contributed by atoms with van der Waals surface area (Å²) in [7, 11) is 0. The van der Waals surface area contributed by atoms with Crippen molar-refractivity contribution in [2.24, 2.45) is 0 Å². The van der Waals surface area contributed by atoms with Crippen LogP contribution in [-0.4, -0.2) is 15.9 Å². The highest BCUT2D eigenvalue weighted by Gasteiger charge is 2.16. The largest absolute Gasteiger partial charge is 0.399 e. The third-order valence-electron chi connectivity index (χ3n) is 2.89. The molecular formula is C14H12N4OS. The highest BCUT2D eigenvalue weighted by molar-refractivity contribution is 7.16. The first-order valence-electron chi connectivity index (χ1n) is 6.00. The second kappa shape index (κ2) is 4.90. The Morgan fingerprint density at radius 3 is 2.85 bits per heavy atom. The minimum atomic E-state index is -0.127. The van der Waals surface area contributed by atoms with Gasteiger partial charge in [-0.2, -0.15) is 0 Å². The number of thiazole rings is 1. The molecule has 0 fully saturated rings. The van der Waals surface area contributed by atoms with Crippen molar-refractivity contribution < 1.29 is 4.79 Å². The Hall–Kier alpha value is -2.47. The summed E-state index contributed by atoms with van der Waals surface area (Å²) in [6, 6.07) is 9.06. The van der Waals surface area contributed by atoms with Gasteiger partial charge in [-0.3, -0.25) is 9.69 Å². The number of amides is 1. The van der Waals surface area contributed by atoms with Crippen LogP contribution in [0.5, 0.6) is 0 Å². The molecule has 1 amide bonds. The number of nitrogen functional groups attached to an aromatic ring is 1. The fraction of sp³-hybridized carbons (Fsp3) is 0.0714. The zero-order valence-corrected chi connectivity index (χ0v) is 11.6. The summed E-state index contributed by atoms with van der Waals surface area (Å²) in [5.74, 6) is 0.379. The van der Waals surface area contributed by atoms with Crippen LogP contribution in [0.4, 0.5) is 17.2 Å². The monoisotopic (exact) mass is 284 g/mol. The average Bonchev–Trinajstić information content (AvgIpc) is 2.86. The SMILES string of the molecule is CC(=O)N(c1ccc2scnc2c1)c1cc(N)ccn1. The quantitative estimate of drug-likeness (QED) is 0.785. The van der Waals surface area contributed by atoms with Gasteiger partial charge in [0.1, 0.15) is 5.82 Å². The third kappa shape index (κ3) is 2.21. The van der Waals surface area contributed by atoms with Gasteiger partial charge in [0, 0.05) is 24.9 Å². The lowest BCUT2D eigenvalue weighted by molar-refractivity contribution is -0.115. The van der Waals surface area contributed by atoms with E-state index in [2.05, 4.69) is 9.97 Å². The van der Waals surface area contributed by atoms with E-state index in [0.29, 0.717) is 11.5 Å². The van der Waals surface area contributed by atoms with Crippen molar-refractivity contribution in [2.45, 2.75) is 6.92 Å². The number of nitrogens with zero attached hydrogens (tertiary/aromatic N) is 3. The van der Waals surface area contributed by atoms with Crippen molar-refractivity contribution in [3.63, 3.8) is 0 Å². The van der Waals surface area contributed by atoms with Crippen molar-refractivity contribution in [1.82, 2.24) is 9.97 Å². The first-order valence-corrected chi connectivity index (χ1v) is 6.88. The van der Waals surface area contributed by atoms with Crippen LogP contribution < -0.4 is 10.6 Å². The Morgan fingerprint density at radius 2 is 2.10 bits per heavy atom. The van der Waals surface area contributed by atoms with Crippen molar-refractivity contribution in [3.8, 4) is 0 Å². The van der Waals surface area contributed by atoms with Gasteiger partial charge < -0.3 is 5.73 Å². The molecule has 0 aliphatic heterocycles. The summed E-state index contributed by atoms with van der Waals surface area (Å²) < 4.78 is 1.08. The molecule has 5 nitrogen and oxygen atoms in total. The number of aromatic nitrogens is 2. The fourth-order valence-electron chi connectivity index (χ4n) is 2.02. The van der Waals surface area contributed by atoms with E-state index < -0.39 is 0 Å². The van der Waals surface area contributed by atoms with Crippen LogP contribution in [0.25, 0.3) is 10.2 Å². The van der Waals surface area contributed by atoms with Gasteiger partial charge in [-0.1, -0.05) is 0 Å². The summed E-state index contributed by atoms with van der Waals surface area (Å²) in [5.41, 5.74) is 9.70. The molecule has 0 saturated heterocycles. The molecule has 0 aliphatic rings. The summed E-state index contributed by atoms with van der Waals surface area (Å²) in [5, 5.41) is 0. The average molecular weight is 284 g/mol. The van der Waals surface area contributed by atoms with E-state index in [9.17, 15) is 4.79 Å². The number of pyridine rings is 1. The number of hydrogen-bond acceptors (Lipinski definition) is 5. The van der Waals surface area contributed by atoms with E-state index in [0.717, 1.165) is 15.9 Å². The van der Waals surface area contributed by atoms with Crippen molar-refractivity contribution >= 4 is 44.7 Å². The summed E-state index contributed by atoms with van der Waals surface area (Å²) in [4.78, 5) is 22.0. The number of nitrogens with two attached hydrogens (primary N) is 1. The van der Waals surface area contributed by atoms with Crippen LogP contribution in [0.1, 0.15) is 6.92 Å². The second-order valence-corrected chi connectivity index (χ2v) is 5.19. The fourth-order valence-corrected chi connectivity index (χ4v) is 2.68. The molecule has 2 heterocycles. The minimum Gasteiger partial charge on any atom is -0.399 e. The number of carbonyl (C=O) groups excluding carboxylic acids is 1. The minimum absolute atomic E-state index is 0.127. The Morgan fingerprint density at radius 1 is 1.25 bits per heavy atom. The number of carbonyl (C=O) groups is 1.